The summed E-state index contributed by atoms with van der Waals surface area (Å²) >= 11 is 0. The maximum absolute atomic E-state index is 13.9. The molecule has 1 atom stereocenters. The summed E-state index contributed by atoms with van der Waals surface area (Å²) in [5, 5.41) is 9.44. The van der Waals surface area contributed by atoms with E-state index in [2.05, 4.69) is 9.97 Å². The van der Waals surface area contributed by atoms with E-state index in [1.807, 2.05) is 24.9 Å². The van der Waals surface area contributed by atoms with Crippen LogP contribution in [0.5, 0.6) is 5.75 Å². The van der Waals surface area contributed by atoms with Crippen molar-refractivity contribution in [1.82, 2.24) is 24.3 Å². The summed E-state index contributed by atoms with van der Waals surface area (Å²) in [7, 11) is 3.63. The highest BCUT2D eigenvalue weighted by molar-refractivity contribution is 5.84. The fourth-order valence-electron chi connectivity index (χ4n) is 4.51. The highest BCUT2D eigenvalue weighted by Crippen LogP contribution is 2.39. The molecule has 8 nitrogen and oxygen atoms in total. The Labute approximate surface area is 206 Å². The van der Waals surface area contributed by atoms with Crippen molar-refractivity contribution in [3.8, 4) is 23.1 Å². The highest BCUT2D eigenvalue weighted by Gasteiger charge is 2.35. The van der Waals surface area contributed by atoms with Gasteiger partial charge in [0.1, 0.15) is 23.9 Å². The van der Waals surface area contributed by atoms with Gasteiger partial charge in [-0.3, -0.25) is 9.69 Å². The lowest BCUT2D eigenvalue weighted by Gasteiger charge is -2.27. The standard InChI is InChI=1S/C25H27F3N6O2/c1-4-34(24(35)20-6-5-9-32(20)2)10-11-36-22-8-7-16(12-17(22)25(26,27)28)18-13-21-23(19(14-29)31-18)30-15-33(21)3/h7-8,12-13,15,20H,4-6,9-11H2,1-3H3/t20-/m0/s1. The first-order chi connectivity index (χ1) is 17.1. The Balaban J connectivity index is 1.56. The zero-order valence-corrected chi connectivity index (χ0v) is 20.3. The molecule has 0 bridgehead atoms. The first kappa shape index (κ1) is 25.4. The first-order valence-corrected chi connectivity index (χ1v) is 11.7. The van der Waals surface area contributed by atoms with Gasteiger partial charge < -0.3 is 14.2 Å². The van der Waals surface area contributed by atoms with Crippen LogP contribution in [0.15, 0.2) is 30.6 Å². The van der Waals surface area contributed by atoms with Crippen molar-refractivity contribution in [1.29, 1.82) is 5.26 Å². The number of hydrogen-bond acceptors (Lipinski definition) is 6. The van der Waals surface area contributed by atoms with Gasteiger partial charge in [-0.2, -0.15) is 18.4 Å². The van der Waals surface area contributed by atoms with Crippen LogP contribution < -0.4 is 4.74 Å². The molecule has 0 radical (unpaired) electrons. The number of halogens is 3. The number of amides is 1. The SMILES string of the molecule is CCN(CCOc1ccc(-c2cc3c(ncn3C)c(C#N)n2)cc1C(F)(F)F)C(=O)[C@@H]1CCCN1C. The second-order valence-corrected chi connectivity index (χ2v) is 8.80. The number of carbonyl (C=O) groups excluding carboxylic acids is 1. The number of imidazole rings is 1. The molecule has 36 heavy (non-hydrogen) atoms. The number of pyridine rings is 1. The molecular formula is C25H27F3N6O2. The molecule has 0 saturated carbocycles. The highest BCUT2D eigenvalue weighted by atomic mass is 19.4. The maximum atomic E-state index is 13.9. The summed E-state index contributed by atoms with van der Waals surface area (Å²) in [4.78, 5) is 24.8. The Hall–Kier alpha value is -3.65. The van der Waals surface area contributed by atoms with Crippen LogP contribution in [-0.4, -0.2) is 69.6 Å². The molecule has 11 heteroatoms. The van der Waals surface area contributed by atoms with Gasteiger partial charge in [0, 0.05) is 19.2 Å². The Morgan fingerprint density at radius 3 is 2.72 bits per heavy atom. The largest absolute Gasteiger partial charge is 0.491 e. The van der Waals surface area contributed by atoms with Crippen LogP contribution in [0.2, 0.25) is 0 Å². The number of fused-ring (bicyclic) bond motifs is 1. The van der Waals surface area contributed by atoms with Crippen LogP contribution in [0.4, 0.5) is 13.2 Å². The normalized spacial score (nSPS) is 16.3. The summed E-state index contributed by atoms with van der Waals surface area (Å²) in [5.74, 6) is -0.354. The fourth-order valence-corrected chi connectivity index (χ4v) is 4.51. The molecule has 3 heterocycles. The molecule has 3 aromatic rings. The molecule has 2 aromatic heterocycles. The monoisotopic (exact) mass is 500 g/mol. The molecule has 4 rings (SSSR count). The number of ether oxygens (including phenoxy) is 1. The van der Waals surface area contributed by atoms with E-state index in [4.69, 9.17) is 4.74 Å². The molecule has 1 amide bonds. The summed E-state index contributed by atoms with van der Waals surface area (Å²) in [5.41, 5.74) is 0.484. The van der Waals surface area contributed by atoms with Gasteiger partial charge in [0.15, 0.2) is 5.69 Å². The van der Waals surface area contributed by atoms with E-state index in [0.29, 0.717) is 17.6 Å². The van der Waals surface area contributed by atoms with Gasteiger partial charge in [0.05, 0.1) is 35.7 Å². The number of carbonyl (C=O) groups is 1. The van der Waals surface area contributed by atoms with Crippen LogP contribution >= 0.6 is 0 Å². The van der Waals surface area contributed by atoms with Gasteiger partial charge in [0.25, 0.3) is 0 Å². The number of aromatic nitrogens is 3. The van der Waals surface area contributed by atoms with Crippen LogP contribution in [0.3, 0.4) is 0 Å². The Kier molecular flexibility index (Phi) is 7.17. The summed E-state index contributed by atoms with van der Waals surface area (Å²) in [6.45, 7) is 3.24. The van der Waals surface area contributed by atoms with Crippen molar-refractivity contribution in [3.63, 3.8) is 0 Å². The zero-order valence-electron chi connectivity index (χ0n) is 20.3. The minimum Gasteiger partial charge on any atom is -0.491 e. The van der Waals surface area contributed by atoms with Crippen molar-refractivity contribution < 1.29 is 22.7 Å². The number of likely N-dealkylation sites (N-methyl/N-ethyl adjacent to an activating group) is 2. The van der Waals surface area contributed by atoms with E-state index in [-0.39, 0.29) is 47.8 Å². The maximum Gasteiger partial charge on any atom is 0.419 e. The number of aryl methyl sites for hydroxylation is 1. The molecule has 0 unspecified atom stereocenters. The third-order valence-corrected chi connectivity index (χ3v) is 6.52. The third kappa shape index (κ3) is 4.99. The third-order valence-electron chi connectivity index (χ3n) is 6.52. The lowest BCUT2D eigenvalue weighted by molar-refractivity contribution is -0.139. The Bertz CT molecular complexity index is 1310. The molecule has 190 valence electrons. The number of likely N-dealkylation sites (tertiary alicyclic amines) is 1. The van der Waals surface area contributed by atoms with E-state index in [9.17, 15) is 23.2 Å². The fraction of sp³-hybridized carbons (Fsp3) is 0.440. The first-order valence-electron chi connectivity index (χ1n) is 11.7. The lowest BCUT2D eigenvalue weighted by atomic mass is 10.1. The van der Waals surface area contributed by atoms with Crippen LogP contribution in [0.1, 0.15) is 31.0 Å². The summed E-state index contributed by atoms with van der Waals surface area (Å²) in [6.07, 6.45) is -1.43. The number of hydrogen-bond donors (Lipinski definition) is 0. The van der Waals surface area contributed by atoms with Gasteiger partial charge in [-0.25, -0.2) is 9.97 Å². The molecular weight excluding hydrogens is 473 g/mol. The van der Waals surface area contributed by atoms with Crippen LogP contribution in [-0.2, 0) is 18.0 Å². The molecule has 1 fully saturated rings. The number of nitrogens with zero attached hydrogens (tertiary/aromatic N) is 6. The van der Waals surface area contributed by atoms with Gasteiger partial charge in [0.2, 0.25) is 5.91 Å². The Morgan fingerprint density at radius 1 is 1.31 bits per heavy atom. The van der Waals surface area contributed by atoms with Crippen LogP contribution in [0, 0.1) is 11.3 Å². The minimum atomic E-state index is -4.67. The van der Waals surface area contributed by atoms with Gasteiger partial charge in [-0.05, 0) is 57.6 Å². The summed E-state index contributed by atoms with van der Waals surface area (Å²) in [6, 6.07) is 7.06. The smallest absolute Gasteiger partial charge is 0.419 e. The lowest BCUT2D eigenvalue weighted by Crippen LogP contribution is -2.45. The quantitative estimate of drug-likeness (QED) is 0.490. The average molecular weight is 501 g/mol. The van der Waals surface area contributed by atoms with Crippen molar-refractivity contribution in [2.45, 2.75) is 32.0 Å². The summed E-state index contributed by atoms with van der Waals surface area (Å²) < 4.78 is 49.1. The topological polar surface area (TPSA) is 87.3 Å². The zero-order chi connectivity index (χ0) is 26.0. The minimum absolute atomic E-state index is 0.0302. The molecule has 0 N–H and O–H groups in total. The molecule has 1 aliphatic heterocycles. The average Bonchev–Trinajstić information content (AvgIpc) is 3.45. The molecule has 0 spiro atoms. The molecule has 1 aliphatic rings. The van der Waals surface area contributed by atoms with Gasteiger partial charge >= 0.3 is 6.18 Å². The van der Waals surface area contributed by atoms with E-state index < -0.39 is 11.7 Å². The van der Waals surface area contributed by atoms with Crippen LogP contribution in [0.25, 0.3) is 22.3 Å². The second kappa shape index (κ2) is 10.1. The number of nitriles is 1. The van der Waals surface area contributed by atoms with Crippen molar-refractivity contribution >= 4 is 16.9 Å². The number of benzene rings is 1. The predicted octanol–water partition coefficient (Wildman–Crippen LogP) is 3.85. The number of alkyl halides is 3. The molecule has 1 saturated heterocycles. The van der Waals surface area contributed by atoms with Gasteiger partial charge in [-0.1, -0.05) is 0 Å². The van der Waals surface area contributed by atoms with E-state index in [1.165, 1.54) is 18.5 Å². The van der Waals surface area contributed by atoms with Crippen molar-refractivity contribution in [3.05, 3.63) is 41.9 Å². The van der Waals surface area contributed by atoms with Crippen molar-refractivity contribution in [2.75, 3.05) is 33.3 Å². The van der Waals surface area contributed by atoms with Crippen molar-refractivity contribution in [2.24, 2.45) is 7.05 Å². The molecule has 1 aromatic carbocycles. The Morgan fingerprint density at radius 2 is 2.08 bits per heavy atom. The van der Waals surface area contributed by atoms with E-state index in [1.54, 1.807) is 22.6 Å². The predicted molar refractivity (Wildman–Crippen MR) is 127 cm³/mol. The van der Waals surface area contributed by atoms with E-state index >= 15 is 0 Å². The molecule has 0 aliphatic carbocycles. The second-order valence-electron chi connectivity index (χ2n) is 8.80. The number of rotatable bonds is 7. The van der Waals surface area contributed by atoms with Gasteiger partial charge in [-0.15, -0.1) is 0 Å². The van der Waals surface area contributed by atoms with E-state index in [0.717, 1.165) is 25.5 Å².